The van der Waals surface area contributed by atoms with Crippen LogP contribution in [0.4, 0.5) is 5.82 Å². The summed E-state index contributed by atoms with van der Waals surface area (Å²) < 4.78 is 0.880. The zero-order valence-corrected chi connectivity index (χ0v) is 10.7. The first kappa shape index (κ1) is 10.9. The second-order valence-electron chi connectivity index (χ2n) is 4.16. The maximum atomic E-state index is 4.53. The van der Waals surface area contributed by atoms with Gasteiger partial charge < -0.3 is 5.32 Å². The molecule has 82 valence electrons. The van der Waals surface area contributed by atoms with E-state index in [4.69, 9.17) is 0 Å². The average Bonchev–Trinajstić information content (AvgIpc) is 2.99. The fourth-order valence-corrected chi connectivity index (χ4v) is 1.79. The molecule has 0 radical (unpaired) electrons. The van der Waals surface area contributed by atoms with Crippen molar-refractivity contribution in [2.75, 3.05) is 5.32 Å². The Labute approximate surface area is 98.8 Å². The summed E-state index contributed by atoms with van der Waals surface area (Å²) >= 11 is 3.43. The topological polar surface area (TPSA) is 37.8 Å². The highest BCUT2D eigenvalue weighted by molar-refractivity contribution is 9.10. The highest BCUT2D eigenvalue weighted by Gasteiger charge is 2.27. The molecule has 1 N–H and O–H groups in total. The molecule has 0 bridgehead atoms. The molecule has 1 fully saturated rings. The van der Waals surface area contributed by atoms with Crippen LogP contribution in [0.5, 0.6) is 0 Å². The van der Waals surface area contributed by atoms with E-state index in [9.17, 15) is 0 Å². The largest absolute Gasteiger partial charge is 0.367 e. The fourth-order valence-electron chi connectivity index (χ4n) is 1.39. The van der Waals surface area contributed by atoms with Crippen molar-refractivity contribution in [3.05, 3.63) is 16.5 Å². The number of anilines is 1. The number of nitrogens with zero attached hydrogens (tertiary/aromatic N) is 2. The Hall–Kier alpha value is -0.640. The van der Waals surface area contributed by atoms with Crippen LogP contribution in [0.15, 0.2) is 10.7 Å². The summed E-state index contributed by atoms with van der Waals surface area (Å²) in [5.41, 5.74) is 0. The van der Waals surface area contributed by atoms with Crippen molar-refractivity contribution < 1.29 is 0 Å². The minimum absolute atomic E-state index is 0.457. The first-order valence-corrected chi connectivity index (χ1v) is 6.29. The van der Waals surface area contributed by atoms with Crippen LogP contribution in [0.1, 0.15) is 44.9 Å². The molecule has 1 aliphatic rings. The standard InChI is InChI=1S/C11H16BrN3/c1-3-7(2)13-10-6-9(12)14-11(15-10)8-4-5-8/h6-8H,3-5H2,1-2H3,(H,13,14,15). The lowest BCUT2D eigenvalue weighted by atomic mass is 10.2. The van der Waals surface area contributed by atoms with Crippen LogP contribution in [-0.2, 0) is 0 Å². The first-order valence-electron chi connectivity index (χ1n) is 5.50. The van der Waals surface area contributed by atoms with Crippen molar-refractivity contribution in [3.63, 3.8) is 0 Å². The third-order valence-corrected chi connectivity index (χ3v) is 3.07. The van der Waals surface area contributed by atoms with Gasteiger partial charge in [-0.25, -0.2) is 9.97 Å². The molecule has 1 aromatic heterocycles. The van der Waals surface area contributed by atoms with Crippen LogP contribution in [0.2, 0.25) is 0 Å². The molecular weight excluding hydrogens is 254 g/mol. The van der Waals surface area contributed by atoms with E-state index >= 15 is 0 Å². The quantitative estimate of drug-likeness (QED) is 0.853. The molecule has 4 heteroatoms. The van der Waals surface area contributed by atoms with Crippen molar-refractivity contribution in [2.45, 2.75) is 45.1 Å². The number of hydrogen-bond acceptors (Lipinski definition) is 3. The van der Waals surface area contributed by atoms with Crippen LogP contribution in [0.25, 0.3) is 0 Å². The summed E-state index contributed by atoms with van der Waals surface area (Å²) in [5.74, 6) is 2.52. The number of aromatic nitrogens is 2. The normalized spacial score (nSPS) is 17.5. The lowest BCUT2D eigenvalue weighted by molar-refractivity contribution is 0.754. The Morgan fingerprint density at radius 1 is 1.53 bits per heavy atom. The van der Waals surface area contributed by atoms with Crippen molar-refractivity contribution in [2.24, 2.45) is 0 Å². The molecule has 3 nitrogen and oxygen atoms in total. The Morgan fingerprint density at radius 3 is 2.87 bits per heavy atom. The first-order chi connectivity index (χ1) is 7.19. The van der Waals surface area contributed by atoms with E-state index in [1.54, 1.807) is 0 Å². The molecule has 0 aromatic carbocycles. The smallest absolute Gasteiger partial charge is 0.135 e. The zero-order chi connectivity index (χ0) is 10.8. The summed E-state index contributed by atoms with van der Waals surface area (Å²) in [6, 6.07) is 2.40. The van der Waals surface area contributed by atoms with Crippen LogP contribution < -0.4 is 5.32 Å². The molecule has 15 heavy (non-hydrogen) atoms. The van der Waals surface area contributed by atoms with Gasteiger partial charge in [-0.3, -0.25) is 0 Å². The van der Waals surface area contributed by atoms with Crippen molar-refractivity contribution in [3.8, 4) is 0 Å². The van der Waals surface area contributed by atoms with E-state index in [0.717, 1.165) is 22.7 Å². The number of nitrogens with one attached hydrogen (secondary N) is 1. The molecule has 0 spiro atoms. The monoisotopic (exact) mass is 269 g/mol. The third-order valence-electron chi connectivity index (χ3n) is 2.66. The van der Waals surface area contributed by atoms with E-state index < -0.39 is 0 Å². The van der Waals surface area contributed by atoms with Gasteiger partial charge in [0.25, 0.3) is 0 Å². The van der Waals surface area contributed by atoms with Gasteiger partial charge in [0, 0.05) is 18.0 Å². The van der Waals surface area contributed by atoms with E-state index in [-0.39, 0.29) is 0 Å². The molecule has 2 rings (SSSR count). The molecule has 1 saturated carbocycles. The van der Waals surface area contributed by atoms with Gasteiger partial charge in [-0.05, 0) is 42.1 Å². The number of halogens is 1. The maximum absolute atomic E-state index is 4.53. The Kier molecular flexibility index (Phi) is 3.24. The molecule has 1 aliphatic carbocycles. The average molecular weight is 270 g/mol. The highest BCUT2D eigenvalue weighted by atomic mass is 79.9. The van der Waals surface area contributed by atoms with Gasteiger partial charge in [-0.1, -0.05) is 6.92 Å². The summed E-state index contributed by atoms with van der Waals surface area (Å²) in [6.07, 6.45) is 3.57. The van der Waals surface area contributed by atoms with E-state index in [1.165, 1.54) is 12.8 Å². The van der Waals surface area contributed by atoms with Crippen LogP contribution in [0.3, 0.4) is 0 Å². The lowest BCUT2D eigenvalue weighted by Gasteiger charge is -2.12. The second-order valence-corrected chi connectivity index (χ2v) is 4.97. The lowest BCUT2D eigenvalue weighted by Crippen LogP contribution is -2.15. The van der Waals surface area contributed by atoms with E-state index in [0.29, 0.717) is 12.0 Å². The molecule has 0 saturated heterocycles. The van der Waals surface area contributed by atoms with Crippen LogP contribution in [0, 0.1) is 0 Å². The zero-order valence-electron chi connectivity index (χ0n) is 9.13. The molecule has 1 atom stereocenters. The Balaban J connectivity index is 2.15. The van der Waals surface area contributed by atoms with Gasteiger partial charge in [0.2, 0.25) is 0 Å². The minimum atomic E-state index is 0.457. The minimum Gasteiger partial charge on any atom is -0.367 e. The third kappa shape index (κ3) is 2.91. The number of hydrogen-bond donors (Lipinski definition) is 1. The second kappa shape index (κ2) is 4.47. The van der Waals surface area contributed by atoms with Gasteiger partial charge in [-0.15, -0.1) is 0 Å². The van der Waals surface area contributed by atoms with Gasteiger partial charge in [0.1, 0.15) is 16.2 Å². The molecule has 1 unspecified atom stereocenters. The number of rotatable bonds is 4. The SMILES string of the molecule is CCC(C)Nc1cc(Br)nc(C2CC2)n1. The van der Waals surface area contributed by atoms with E-state index in [1.807, 2.05) is 6.07 Å². The van der Waals surface area contributed by atoms with Gasteiger partial charge >= 0.3 is 0 Å². The molecule has 0 amide bonds. The predicted molar refractivity (Wildman–Crippen MR) is 65.1 cm³/mol. The molecule has 1 heterocycles. The van der Waals surface area contributed by atoms with Gasteiger partial charge in [-0.2, -0.15) is 0 Å². The summed E-state index contributed by atoms with van der Waals surface area (Å²) in [6.45, 7) is 4.32. The van der Waals surface area contributed by atoms with Crippen molar-refractivity contribution >= 4 is 21.7 Å². The summed E-state index contributed by atoms with van der Waals surface area (Å²) in [4.78, 5) is 8.93. The van der Waals surface area contributed by atoms with E-state index in [2.05, 4.69) is 45.1 Å². The maximum Gasteiger partial charge on any atom is 0.135 e. The van der Waals surface area contributed by atoms with Gasteiger partial charge in [0.05, 0.1) is 0 Å². The Morgan fingerprint density at radius 2 is 2.27 bits per heavy atom. The van der Waals surface area contributed by atoms with Crippen molar-refractivity contribution in [1.29, 1.82) is 0 Å². The van der Waals surface area contributed by atoms with Crippen LogP contribution in [-0.4, -0.2) is 16.0 Å². The summed E-state index contributed by atoms with van der Waals surface area (Å²) in [7, 11) is 0. The molecular formula is C11H16BrN3. The highest BCUT2D eigenvalue weighted by Crippen LogP contribution is 2.38. The molecule has 1 aromatic rings. The van der Waals surface area contributed by atoms with Crippen LogP contribution >= 0.6 is 15.9 Å². The van der Waals surface area contributed by atoms with Gasteiger partial charge in [0.15, 0.2) is 0 Å². The molecule has 0 aliphatic heterocycles. The fraction of sp³-hybridized carbons (Fsp3) is 0.636. The van der Waals surface area contributed by atoms with Crippen molar-refractivity contribution in [1.82, 2.24) is 9.97 Å². The summed E-state index contributed by atoms with van der Waals surface area (Å²) in [5, 5.41) is 3.37. The predicted octanol–water partition coefficient (Wildman–Crippen LogP) is 3.33. The Bertz CT molecular complexity index is 350.